The molecule has 2 saturated carbocycles. The van der Waals surface area contributed by atoms with E-state index in [1.807, 2.05) is 0 Å². The summed E-state index contributed by atoms with van der Waals surface area (Å²) in [6.07, 6.45) is 12.1. The molecule has 2 nitrogen and oxygen atoms in total. The summed E-state index contributed by atoms with van der Waals surface area (Å²) < 4.78 is 53.7. The third kappa shape index (κ3) is 8.00. The molecule has 0 atom stereocenters. The SMILES string of the molecule is N#CC(F)=CCCC1CCC(C=CC2CCC(c3ccc(OC(F)(F)F)cc3)CC2)CC1. The number of hydrogen-bond donors (Lipinski definition) is 0. The Morgan fingerprint density at radius 1 is 0.938 bits per heavy atom. The maximum absolute atomic E-state index is 12.9. The molecule has 0 bridgehead atoms. The van der Waals surface area contributed by atoms with Crippen LogP contribution in [0.15, 0.2) is 48.3 Å². The molecule has 0 amide bonds. The van der Waals surface area contributed by atoms with Crippen molar-refractivity contribution in [1.82, 2.24) is 0 Å². The van der Waals surface area contributed by atoms with Gasteiger partial charge in [-0.2, -0.15) is 9.65 Å². The zero-order valence-corrected chi connectivity index (χ0v) is 18.3. The van der Waals surface area contributed by atoms with Crippen LogP contribution < -0.4 is 4.74 Å². The van der Waals surface area contributed by atoms with Gasteiger partial charge in [0, 0.05) is 0 Å². The van der Waals surface area contributed by atoms with Gasteiger partial charge in [-0.3, -0.25) is 0 Å². The monoisotopic (exact) mass is 449 g/mol. The van der Waals surface area contributed by atoms with Crippen LogP contribution in [0.2, 0.25) is 0 Å². The first-order valence-corrected chi connectivity index (χ1v) is 11.6. The summed E-state index contributed by atoms with van der Waals surface area (Å²) >= 11 is 0. The smallest absolute Gasteiger partial charge is 0.406 e. The van der Waals surface area contributed by atoms with Gasteiger partial charge in [0.1, 0.15) is 11.8 Å². The summed E-state index contributed by atoms with van der Waals surface area (Å²) in [6.45, 7) is 0. The minimum Gasteiger partial charge on any atom is -0.406 e. The van der Waals surface area contributed by atoms with Crippen LogP contribution >= 0.6 is 0 Å². The van der Waals surface area contributed by atoms with E-state index in [2.05, 4.69) is 16.9 Å². The third-order valence-corrected chi connectivity index (χ3v) is 6.91. The Morgan fingerprint density at radius 3 is 2.03 bits per heavy atom. The summed E-state index contributed by atoms with van der Waals surface area (Å²) in [4.78, 5) is 0. The topological polar surface area (TPSA) is 33.0 Å². The van der Waals surface area contributed by atoms with Crippen LogP contribution in [0.1, 0.15) is 75.7 Å². The number of hydrogen-bond acceptors (Lipinski definition) is 2. The van der Waals surface area contributed by atoms with E-state index in [1.54, 1.807) is 12.1 Å². The van der Waals surface area contributed by atoms with E-state index >= 15 is 0 Å². The van der Waals surface area contributed by atoms with Crippen LogP contribution in [-0.4, -0.2) is 6.36 Å². The van der Waals surface area contributed by atoms with Gasteiger partial charge in [-0.15, -0.1) is 13.2 Å². The first-order valence-electron chi connectivity index (χ1n) is 11.6. The van der Waals surface area contributed by atoms with Crippen LogP contribution in [-0.2, 0) is 0 Å². The highest BCUT2D eigenvalue weighted by atomic mass is 19.4. The Kier molecular flexibility index (Phi) is 8.78. The lowest BCUT2D eigenvalue weighted by molar-refractivity contribution is -0.274. The van der Waals surface area contributed by atoms with E-state index in [4.69, 9.17) is 5.26 Å². The molecule has 1 aromatic rings. The average molecular weight is 450 g/mol. The average Bonchev–Trinajstić information content (AvgIpc) is 2.78. The molecule has 3 rings (SSSR count). The molecule has 32 heavy (non-hydrogen) atoms. The van der Waals surface area contributed by atoms with Crippen LogP contribution in [0.3, 0.4) is 0 Å². The lowest BCUT2D eigenvalue weighted by atomic mass is 9.77. The first kappa shape index (κ1) is 24.4. The van der Waals surface area contributed by atoms with Crippen molar-refractivity contribution in [2.45, 2.75) is 76.5 Å². The molecule has 0 radical (unpaired) electrons. The van der Waals surface area contributed by atoms with E-state index in [1.165, 1.54) is 37.1 Å². The number of allylic oxidation sites excluding steroid dienone is 4. The largest absolute Gasteiger partial charge is 0.573 e. The van der Waals surface area contributed by atoms with Crippen molar-refractivity contribution in [2.24, 2.45) is 17.8 Å². The lowest BCUT2D eigenvalue weighted by Gasteiger charge is -2.29. The fourth-order valence-electron chi connectivity index (χ4n) is 5.06. The van der Waals surface area contributed by atoms with Gasteiger partial charge in [0.05, 0.1) is 0 Å². The van der Waals surface area contributed by atoms with Gasteiger partial charge in [-0.25, -0.2) is 0 Å². The minimum atomic E-state index is -4.65. The van der Waals surface area contributed by atoms with Gasteiger partial charge in [-0.1, -0.05) is 24.3 Å². The van der Waals surface area contributed by atoms with Gasteiger partial charge in [0.2, 0.25) is 0 Å². The Morgan fingerprint density at radius 2 is 1.50 bits per heavy atom. The maximum atomic E-state index is 12.9. The lowest BCUT2D eigenvalue weighted by Crippen LogP contribution is -2.17. The van der Waals surface area contributed by atoms with Crippen molar-refractivity contribution in [3.05, 3.63) is 53.9 Å². The van der Waals surface area contributed by atoms with Gasteiger partial charge in [0.25, 0.3) is 0 Å². The molecule has 174 valence electrons. The highest BCUT2D eigenvalue weighted by molar-refractivity contribution is 5.30. The molecule has 0 aliphatic heterocycles. The van der Waals surface area contributed by atoms with E-state index in [-0.39, 0.29) is 5.75 Å². The Bertz CT molecular complexity index is 806. The molecule has 0 aromatic heterocycles. The van der Waals surface area contributed by atoms with E-state index < -0.39 is 12.2 Å². The van der Waals surface area contributed by atoms with Crippen LogP contribution in [0.25, 0.3) is 0 Å². The van der Waals surface area contributed by atoms with Gasteiger partial charge in [0.15, 0.2) is 5.83 Å². The quantitative estimate of drug-likeness (QED) is 0.238. The molecule has 2 fully saturated rings. The molecular formula is C26H31F4NO. The third-order valence-electron chi connectivity index (χ3n) is 6.91. The number of rotatable bonds is 7. The summed E-state index contributed by atoms with van der Waals surface area (Å²) in [5.41, 5.74) is 1.09. The van der Waals surface area contributed by atoms with Gasteiger partial charge in [-0.05, 0) is 112 Å². The summed E-state index contributed by atoms with van der Waals surface area (Å²) in [6, 6.07) is 7.84. The summed E-state index contributed by atoms with van der Waals surface area (Å²) in [5.74, 6) is 1.38. The molecule has 0 N–H and O–H groups in total. The van der Waals surface area contributed by atoms with Crippen molar-refractivity contribution < 1.29 is 22.3 Å². The first-order chi connectivity index (χ1) is 15.3. The normalized spacial score (nSPS) is 27.3. The molecule has 6 heteroatoms. The number of nitrogens with zero attached hydrogens (tertiary/aromatic N) is 1. The number of ether oxygens (including phenoxy) is 1. The fraction of sp³-hybridized carbons (Fsp3) is 0.577. The zero-order chi connectivity index (χ0) is 23.0. The van der Waals surface area contributed by atoms with Gasteiger partial charge >= 0.3 is 6.36 Å². The van der Waals surface area contributed by atoms with Crippen molar-refractivity contribution in [1.29, 1.82) is 5.26 Å². The standard InChI is InChI=1S/C26H31F4NO/c27-24(18-31)3-1-2-19-4-6-20(7-5-19)8-9-21-10-12-22(13-11-21)23-14-16-25(17-15-23)32-26(28,29)30/h3,8-9,14-17,19-22H,1-2,4-7,10-13H2. The zero-order valence-electron chi connectivity index (χ0n) is 18.3. The van der Waals surface area contributed by atoms with E-state index in [9.17, 15) is 17.6 Å². The second kappa shape index (κ2) is 11.5. The second-order valence-corrected chi connectivity index (χ2v) is 9.14. The Balaban J connectivity index is 1.37. The van der Waals surface area contributed by atoms with Crippen LogP contribution in [0.4, 0.5) is 17.6 Å². The van der Waals surface area contributed by atoms with Crippen LogP contribution in [0, 0.1) is 29.1 Å². The van der Waals surface area contributed by atoms with E-state index in [0.29, 0.717) is 30.1 Å². The minimum absolute atomic E-state index is 0.168. The van der Waals surface area contributed by atoms with Gasteiger partial charge < -0.3 is 4.74 Å². The fourth-order valence-corrected chi connectivity index (χ4v) is 5.06. The highest BCUT2D eigenvalue weighted by Gasteiger charge is 2.31. The molecule has 2 aliphatic rings. The molecular weight excluding hydrogens is 418 g/mol. The molecule has 0 unspecified atom stereocenters. The molecule has 0 spiro atoms. The number of nitriles is 1. The number of benzene rings is 1. The highest BCUT2D eigenvalue weighted by Crippen LogP contribution is 2.38. The summed E-state index contributed by atoms with van der Waals surface area (Å²) in [5, 5.41) is 8.45. The van der Waals surface area contributed by atoms with Crippen molar-refractivity contribution in [3.8, 4) is 11.8 Å². The van der Waals surface area contributed by atoms with Crippen molar-refractivity contribution >= 4 is 0 Å². The summed E-state index contributed by atoms with van der Waals surface area (Å²) in [7, 11) is 0. The predicted octanol–water partition coefficient (Wildman–Crippen LogP) is 8.38. The Hall–Kier alpha value is -2.29. The second-order valence-electron chi connectivity index (χ2n) is 9.14. The molecule has 0 saturated heterocycles. The molecule has 0 heterocycles. The predicted molar refractivity (Wildman–Crippen MR) is 116 cm³/mol. The molecule has 1 aromatic carbocycles. The Labute approximate surface area is 188 Å². The van der Waals surface area contributed by atoms with Crippen molar-refractivity contribution in [2.75, 3.05) is 0 Å². The number of halogens is 4. The van der Waals surface area contributed by atoms with E-state index in [0.717, 1.165) is 50.5 Å². The molecule has 2 aliphatic carbocycles. The maximum Gasteiger partial charge on any atom is 0.573 e. The number of alkyl halides is 3. The van der Waals surface area contributed by atoms with Crippen LogP contribution in [0.5, 0.6) is 5.75 Å². The van der Waals surface area contributed by atoms with Crippen molar-refractivity contribution in [3.63, 3.8) is 0 Å².